The lowest BCUT2D eigenvalue weighted by atomic mass is 9.96. The second-order valence-electron chi connectivity index (χ2n) is 9.01. The van der Waals surface area contributed by atoms with Gasteiger partial charge in [-0.3, -0.25) is 4.79 Å². The zero-order chi connectivity index (χ0) is 24.9. The van der Waals surface area contributed by atoms with E-state index >= 15 is 0 Å². The van der Waals surface area contributed by atoms with Gasteiger partial charge >= 0.3 is 0 Å². The monoisotopic (exact) mass is 532 g/mol. The molecule has 4 rings (SSSR count). The van der Waals surface area contributed by atoms with Crippen molar-refractivity contribution < 1.29 is 4.74 Å². The van der Waals surface area contributed by atoms with E-state index in [0.717, 1.165) is 47.4 Å². The van der Waals surface area contributed by atoms with Crippen LogP contribution < -0.4 is 5.43 Å². The fourth-order valence-electron chi connectivity index (χ4n) is 4.33. The first-order chi connectivity index (χ1) is 16.9. The molecule has 3 aromatic rings. The standard InChI is InChI=1S/C30H33BrN2O2/c1-5-6-17-35-22(3)24-12-9-11-23(18-24)21(2)27-20-33(19-25-13-10-16-29(31)32(25)4)28-15-8-7-14-26(28)30(27)34/h7-16,18,20,22,29H,2,5-6,17,19H2,1,3-4H3. The fourth-order valence-corrected chi connectivity index (χ4v) is 4.77. The maximum absolute atomic E-state index is 13.6. The van der Waals surface area contributed by atoms with Gasteiger partial charge in [0.1, 0.15) is 4.95 Å². The number of pyridine rings is 1. The Morgan fingerprint density at radius 1 is 1.20 bits per heavy atom. The van der Waals surface area contributed by atoms with Crippen molar-refractivity contribution in [3.05, 3.63) is 112 Å². The van der Waals surface area contributed by atoms with E-state index in [1.165, 1.54) is 0 Å². The molecule has 2 aromatic carbocycles. The zero-order valence-corrected chi connectivity index (χ0v) is 22.3. The van der Waals surface area contributed by atoms with Crippen molar-refractivity contribution in [1.29, 1.82) is 0 Å². The Kier molecular flexibility index (Phi) is 8.09. The smallest absolute Gasteiger partial charge is 0.197 e. The molecule has 0 N–H and O–H groups in total. The predicted octanol–water partition coefficient (Wildman–Crippen LogP) is 7.05. The Balaban J connectivity index is 1.72. The van der Waals surface area contributed by atoms with E-state index in [1.54, 1.807) is 0 Å². The molecule has 182 valence electrons. The first kappa shape index (κ1) is 25.2. The average molecular weight is 534 g/mol. The van der Waals surface area contributed by atoms with Crippen LogP contribution in [-0.2, 0) is 11.3 Å². The number of alkyl halides is 1. The molecule has 2 heterocycles. The number of allylic oxidation sites excluding steroid dienone is 3. The summed E-state index contributed by atoms with van der Waals surface area (Å²) in [7, 11) is 2.06. The molecule has 4 nitrogen and oxygen atoms in total. The number of fused-ring (bicyclic) bond motifs is 1. The predicted molar refractivity (Wildman–Crippen MR) is 150 cm³/mol. The van der Waals surface area contributed by atoms with E-state index < -0.39 is 0 Å². The number of benzene rings is 2. The van der Waals surface area contributed by atoms with Crippen molar-refractivity contribution in [3.8, 4) is 0 Å². The van der Waals surface area contributed by atoms with E-state index in [2.05, 4.69) is 83.2 Å². The second kappa shape index (κ2) is 11.2. The minimum Gasteiger partial charge on any atom is -0.374 e. The van der Waals surface area contributed by atoms with Gasteiger partial charge in [-0.15, -0.1) is 0 Å². The molecule has 2 atom stereocenters. The van der Waals surface area contributed by atoms with Crippen molar-refractivity contribution >= 4 is 32.4 Å². The largest absolute Gasteiger partial charge is 0.374 e. The van der Waals surface area contributed by atoms with E-state index in [-0.39, 0.29) is 16.5 Å². The number of aromatic nitrogens is 1. The minimum absolute atomic E-state index is 0.00346. The van der Waals surface area contributed by atoms with Gasteiger partial charge in [0.25, 0.3) is 0 Å². The van der Waals surface area contributed by atoms with Crippen molar-refractivity contribution in [2.24, 2.45) is 0 Å². The van der Waals surface area contributed by atoms with Gasteiger partial charge in [0.2, 0.25) is 0 Å². The molecule has 1 aromatic heterocycles. The number of nitrogens with zero attached hydrogens (tertiary/aromatic N) is 2. The number of unbranched alkanes of at least 4 members (excludes halogenated alkanes) is 1. The summed E-state index contributed by atoms with van der Waals surface area (Å²) in [5.74, 6) is 0. The van der Waals surface area contributed by atoms with Gasteiger partial charge in [0, 0.05) is 36.5 Å². The summed E-state index contributed by atoms with van der Waals surface area (Å²) in [4.78, 5) is 15.9. The molecule has 0 bridgehead atoms. The molecule has 0 spiro atoms. The van der Waals surface area contributed by atoms with E-state index in [4.69, 9.17) is 4.74 Å². The molecule has 0 fully saturated rings. The summed E-state index contributed by atoms with van der Waals surface area (Å²) in [6, 6.07) is 16.0. The highest BCUT2D eigenvalue weighted by Crippen LogP contribution is 2.27. The van der Waals surface area contributed by atoms with Crippen LogP contribution in [0, 0.1) is 0 Å². The number of hydrogen-bond donors (Lipinski definition) is 0. The normalized spacial score (nSPS) is 16.4. The zero-order valence-electron chi connectivity index (χ0n) is 20.7. The molecule has 0 amide bonds. The Labute approximate surface area is 216 Å². The molecular weight excluding hydrogens is 500 g/mol. The van der Waals surface area contributed by atoms with Crippen molar-refractivity contribution in [3.63, 3.8) is 0 Å². The lowest BCUT2D eigenvalue weighted by molar-refractivity contribution is 0.0637. The highest BCUT2D eigenvalue weighted by molar-refractivity contribution is 9.09. The van der Waals surface area contributed by atoms with Crippen LogP contribution in [0.4, 0.5) is 0 Å². The van der Waals surface area contributed by atoms with Crippen LogP contribution in [0.5, 0.6) is 0 Å². The quantitative estimate of drug-likeness (QED) is 0.168. The SMILES string of the molecule is C=C(c1cccc(C(C)OCCCC)c1)c1cn(CC2=CC=CC(Br)N2C)c2ccccc2c1=O. The average Bonchev–Trinajstić information content (AvgIpc) is 2.88. The van der Waals surface area contributed by atoms with Crippen LogP contribution in [0.3, 0.4) is 0 Å². The van der Waals surface area contributed by atoms with E-state index in [9.17, 15) is 4.79 Å². The van der Waals surface area contributed by atoms with Gasteiger partial charge in [-0.05, 0) is 54.3 Å². The number of ether oxygens (including phenoxy) is 1. The molecule has 0 saturated heterocycles. The van der Waals surface area contributed by atoms with Crippen LogP contribution in [0.25, 0.3) is 16.5 Å². The van der Waals surface area contributed by atoms with Crippen LogP contribution in [0.2, 0.25) is 0 Å². The van der Waals surface area contributed by atoms with E-state index in [0.29, 0.717) is 17.5 Å². The Bertz CT molecular complexity index is 1340. The van der Waals surface area contributed by atoms with Crippen LogP contribution in [0.15, 0.2) is 90.0 Å². The third-order valence-corrected chi connectivity index (χ3v) is 7.52. The van der Waals surface area contributed by atoms with Crippen molar-refractivity contribution in [2.45, 2.75) is 44.3 Å². The van der Waals surface area contributed by atoms with Crippen molar-refractivity contribution in [1.82, 2.24) is 9.47 Å². The summed E-state index contributed by atoms with van der Waals surface area (Å²) in [6.45, 7) is 9.97. The molecule has 1 aliphatic heterocycles. The van der Waals surface area contributed by atoms with Crippen LogP contribution in [0.1, 0.15) is 49.5 Å². The van der Waals surface area contributed by atoms with Gasteiger partial charge in [0.05, 0.1) is 18.2 Å². The molecule has 2 unspecified atom stereocenters. The second-order valence-corrected chi connectivity index (χ2v) is 9.95. The summed E-state index contributed by atoms with van der Waals surface area (Å²) in [5.41, 5.74) is 5.43. The molecular formula is C30H33BrN2O2. The number of likely N-dealkylation sites (N-methyl/N-ethyl adjacent to an activating group) is 1. The minimum atomic E-state index is -0.0124. The number of para-hydroxylation sites is 1. The van der Waals surface area contributed by atoms with Gasteiger partial charge in [-0.1, -0.05) is 78.3 Å². The summed E-state index contributed by atoms with van der Waals surface area (Å²) in [5, 5.41) is 0.698. The topological polar surface area (TPSA) is 34.5 Å². The Morgan fingerprint density at radius 3 is 2.80 bits per heavy atom. The lowest BCUT2D eigenvalue weighted by Crippen LogP contribution is -2.29. The van der Waals surface area contributed by atoms with E-state index in [1.807, 2.05) is 42.6 Å². The van der Waals surface area contributed by atoms with Crippen LogP contribution in [-0.4, -0.2) is 28.1 Å². The first-order valence-electron chi connectivity index (χ1n) is 12.2. The molecule has 0 aliphatic carbocycles. The number of hydrogen-bond acceptors (Lipinski definition) is 3. The fraction of sp³-hybridized carbons (Fsp3) is 0.300. The third kappa shape index (κ3) is 5.52. The maximum Gasteiger partial charge on any atom is 0.197 e. The number of rotatable bonds is 9. The van der Waals surface area contributed by atoms with Gasteiger partial charge < -0.3 is 14.2 Å². The van der Waals surface area contributed by atoms with Crippen LogP contribution >= 0.6 is 15.9 Å². The third-order valence-electron chi connectivity index (χ3n) is 6.60. The molecule has 35 heavy (non-hydrogen) atoms. The lowest BCUT2D eigenvalue weighted by Gasteiger charge is -2.29. The van der Waals surface area contributed by atoms with Gasteiger partial charge in [-0.2, -0.15) is 0 Å². The first-order valence-corrected chi connectivity index (χ1v) is 13.1. The summed E-state index contributed by atoms with van der Waals surface area (Å²) in [6.07, 6.45) is 10.4. The van der Waals surface area contributed by atoms with Gasteiger partial charge in [-0.25, -0.2) is 0 Å². The highest BCUT2D eigenvalue weighted by atomic mass is 79.9. The maximum atomic E-state index is 13.6. The molecule has 0 saturated carbocycles. The van der Waals surface area contributed by atoms with Gasteiger partial charge in [0.15, 0.2) is 5.43 Å². The summed E-state index contributed by atoms with van der Waals surface area (Å²) >= 11 is 3.69. The number of halogens is 1. The Morgan fingerprint density at radius 2 is 2.00 bits per heavy atom. The molecule has 0 radical (unpaired) electrons. The Hall–Kier alpha value is -2.89. The summed E-state index contributed by atoms with van der Waals surface area (Å²) < 4.78 is 8.15. The van der Waals surface area contributed by atoms with Crippen molar-refractivity contribution in [2.75, 3.05) is 13.7 Å². The molecule has 1 aliphatic rings. The highest BCUT2D eigenvalue weighted by Gasteiger charge is 2.18. The molecule has 5 heteroatoms.